The smallest absolute Gasteiger partial charge is 0.228 e. The van der Waals surface area contributed by atoms with Crippen LogP contribution in [0.4, 0.5) is 0 Å². The van der Waals surface area contributed by atoms with E-state index in [-0.39, 0.29) is 23.1 Å². The standard InChI is InChI=1S/C13H25N3O2/c1-4-13(7-5-6-8-13)12(17)16(3)9-10(2)11(14)15-18/h10,18H,4-9H2,1-3H3,(H2,14,15). The van der Waals surface area contributed by atoms with Crippen LogP contribution in [0.2, 0.25) is 0 Å². The Morgan fingerprint density at radius 1 is 1.50 bits per heavy atom. The number of rotatable bonds is 5. The number of oxime groups is 1. The zero-order valence-electron chi connectivity index (χ0n) is 11.6. The first-order valence-electron chi connectivity index (χ1n) is 6.70. The minimum Gasteiger partial charge on any atom is -0.409 e. The van der Waals surface area contributed by atoms with Crippen molar-refractivity contribution in [1.29, 1.82) is 0 Å². The first-order valence-corrected chi connectivity index (χ1v) is 6.70. The second-order valence-electron chi connectivity index (χ2n) is 5.45. The average molecular weight is 255 g/mol. The van der Waals surface area contributed by atoms with Crippen LogP contribution in [-0.4, -0.2) is 35.4 Å². The quantitative estimate of drug-likeness (QED) is 0.340. The first-order chi connectivity index (χ1) is 8.46. The fraction of sp³-hybridized carbons (Fsp3) is 0.846. The van der Waals surface area contributed by atoms with Gasteiger partial charge in [-0.3, -0.25) is 4.79 Å². The molecule has 0 bridgehead atoms. The van der Waals surface area contributed by atoms with E-state index in [0.717, 1.165) is 32.1 Å². The molecule has 0 aromatic rings. The molecule has 3 N–H and O–H groups in total. The molecule has 1 aliphatic rings. The van der Waals surface area contributed by atoms with Crippen LogP contribution in [0.3, 0.4) is 0 Å². The maximum atomic E-state index is 12.5. The SMILES string of the molecule is CCC1(C(=O)N(C)CC(C)C(N)=NO)CCCC1. The Morgan fingerprint density at radius 3 is 2.50 bits per heavy atom. The van der Waals surface area contributed by atoms with Gasteiger partial charge in [0.15, 0.2) is 0 Å². The number of nitrogens with two attached hydrogens (primary N) is 1. The molecule has 1 amide bonds. The van der Waals surface area contributed by atoms with Crippen molar-refractivity contribution in [3.8, 4) is 0 Å². The molecule has 1 atom stereocenters. The van der Waals surface area contributed by atoms with Crippen molar-refractivity contribution < 1.29 is 10.0 Å². The van der Waals surface area contributed by atoms with E-state index in [2.05, 4.69) is 12.1 Å². The van der Waals surface area contributed by atoms with Gasteiger partial charge in [-0.25, -0.2) is 0 Å². The van der Waals surface area contributed by atoms with Gasteiger partial charge >= 0.3 is 0 Å². The number of amides is 1. The molecule has 1 saturated carbocycles. The van der Waals surface area contributed by atoms with E-state index in [1.165, 1.54) is 0 Å². The highest BCUT2D eigenvalue weighted by atomic mass is 16.4. The van der Waals surface area contributed by atoms with Crippen molar-refractivity contribution >= 4 is 11.7 Å². The maximum Gasteiger partial charge on any atom is 0.228 e. The Kier molecular flexibility index (Phi) is 4.99. The van der Waals surface area contributed by atoms with Crippen molar-refractivity contribution in [1.82, 2.24) is 4.90 Å². The maximum absolute atomic E-state index is 12.5. The minimum absolute atomic E-state index is 0.126. The van der Waals surface area contributed by atoms with Gasteiger partial charge in [0.05, 0.1) is 0 Å². The van der Waals surface area contributed by atoms with Crippen LogP contribution in [0, 0.1) is 11.3 Å². The summed E-state index contributed by atoms with van der Waals surface area (Å²) in [5, 5.41) is 11.6. The number of carbonyl (C=O) groups is 1. The number of nitrogens with zero attached hydrogens (tertiary/aromatic N) is 2. The van der Waals surface area contributed by atoms with E-state index in [4.69, 9.17) is 10.9 Å². The fourth-order valence-corrected chi connectivity index (χ4v) is 2.86. The van der Waals surface area contributed by atoms with Crippen molar-refractivity contribution in [2.24, 2.45) is 22.2 Å². The van der Waals surface area contributed by atoms with Crippen LogP contribution in [0.5, 0.6) is 0 Å². The van der Waals surface area contributed by atoms with Gasteiger partial charge in [0, 0.05) is 24.9 Å². The summed E-state index contributed by atoms with van der Waals surface area (Å²) in [6.45, 7) is 4.44. The normalized spacial score (nSPS) is 20.7. The summed E-state index contributed by atoms with van der Waals surface area (Å²) < 4.78 is 0. The van der Waals surface area contributed by atoms with E-state index >= 15 is 0 Å². The van der Waals surface area contributed by atoms with Gasteiger partial charge in [-0.05, 0) is 19.3 Å². The Hall–Kier alpha value is -1.26. The molecular weight excluding hydrogens is 230 g/mol. The highest BCUT2D eigenvalue weighted by Gasteiger charge is 2.41. The third-order valence-electron chi connectivity index (χ3n) is 4.21. The predicted octanol–water partition coefficient (Wildman–Crippen LogP) is 1.80. The first kappa shape index (κ1) is 14.8. The Labute approximate surface area is 109 Å². The number of amidine groups is 1. The number of hydrogen-bond donors (Lipinski definition) is 2. The largest absolute Gasteiger partial charge is 0.409 e. The lowest BCUT2D eigenvalue weighted by Gasteiger charge is -2.32. The van der Waals surface area contributed by atoms with Crippen molar-refractivity contribution in [3.63, 3.8) is 0 Å². The molecule has 0 aromatic heterocycles. The molecule has 1 rings (SSSR count). The van der Waals surface area contributed by atoms with Crippen LogP contribution >= 0.6 is 0 Å². The molecule has 18 heavy (non-hydrogen) atoms. The Bertz CT molecular complexity index is 322. The van der Waals surface area contributed by atoms with Gasteiger partial charge in [0.2, 0.25) is 5.91 Å². The highest BCUT2D eigenvalue weighted by molar-refractivity contribution is 5.85. The molecule has 0 radical (unpaired) electrons. The van der Waals surface area contributed by atoms with Gasteiger partial charge in [-0.2, -0.15) is 0 Å². The predicted molar refractivity (Wildman–Crippen MR) is 71.4 cm³/mol. The van der Waals surface area contributed by atoms with E-state index in [1.807, 2.05) is 6.92 Å². The van der Waals surface area contributed by atoms with Gasteiger partial charge < -0.3 is 15.8 Å². The van der Waals surface area contributed by atoms with E-state index in [1.54, 1.807) is 11.9 Å². The van der Waals surface area contributed by atoms with E-state index in [9.17, 15) is 4.79 Å². The topological polar surface area (TPSA) is 78.9 Å². The van der Waals surface area contributed by atoms with Crippen molar-refractivity contribution in [3.05, 3.63) is 0 Å². The van der Waals surface area contributed by atoms with Gasteiger partial charge in [0.25, 0.3) is 0 Å². The lowest BCUT2D eigenvalue weighted by molar-refractivity contribution is -0.141. The van der Waals surface area contributed by atoms with Crippen LogP contribution in [0.1, 0.15) is 46.0 Å². The van der Waals surface area contributed by atoms with Crippen molar-refractivity contribution in [2.75, 3.05) is 13.6 Å². The Balaban J connectivity index is 2.66. The fourth-order valence-electron chi connectivity index (χ4n) is 2.86. The molecule has 0 aromatic carbocycles. The van der Waals surface area contributed by atoms with Crippen molar-refractivity contribution in [2.45, 2.75) is 46.0 Å². The van der Waals surface area contributed by atoms with Gasteiger partial charge in [-0.15, -0.1) is 0 Å². The number of carbonyl (C=O) groups excluding carboxylic acids is 1. The van der Waals surface area contributed by atoms with Crippen LogP contribution in [-0.2, 0) is 4.79 Å². The molecule has 0 heterocycles. The zero-order chi connectivity index (χ0) is 13.8. The molecule has 0 aliphatic heterocycles. The van der Waals surface area contributed by atoms with E-state index in [0.29, 0.717) is 6.54 Å². The minimum atomic E-state index is -0.167. The molecule has 1 fully saturated rings. The lowest BCUT2D eigenvalue weighted by Crippen LogP contribution is -2.43. The summed E-state index contributed by atoms with van der Waals surface area (Å²) in [4.78, 5) is 14.3. The van der Waals surface area contributed by atoms with E-state index < -0.39 is 0 Å². The molecule has 0 saturated heterocycles. The second-order valence-corrected chi connectivity index (χ2v) is 5.45. The average Bonchev–Trinajstić information content (AvgIpc) is 2.86. The monoisotopic (exact) mass is 255 g/mol. The zero-order valence-corrected chi connectivity index (χ0v) is 11.6. The third kappa shape index (κ3) is 2.94. The molecule has 1 aliphatic carbocycles. The molecule has 5 nitrogen and oxygen atoms in total. The molecule has 1 unspecified atom stereocenters. The summed E-state index contributed by atoms with van der Waals surface area (Å²) in [5.41, 5.74) is 5.38. The van der Waals surface area contributed by atoms with Gasteiger partial charge in [0.1, 0.15) is 5.84 Å². The summed E-state index contributed by atoms with van der Waals surface area (Å²) in [6, 6.07) is 0. The molecular formula is C13H25N3O2. The number of hydrogen-bond acceptors (Lipinski definition) is 3. The summed E-state index contributed by atoms with van der Waals surface area (Å²) in [6.07, 6.45) is 5.16. The van der Waals surface area contributed by atoms with Gasteiger partial charge in [-0.1, -0.05) is 31.8 Å². The summed E-state index contributed by atoms with van der Waals surface area (Å²) >= 11 is 0. The van der Waals surface area contributed by atoms with Crippen LogP contribution < -0.4 is 5.73 Å². The summed E-state index contributed by atoms with van der Waals surface area (Å²) in [5.74, 6) is 0.256. The third-order valence-corrected chi connectivity index (χ3v) is 4.21. The highest BCUT2D eigenvalue weighted by Crippen LogP contribution is 2.42. The Morgan fingerprint density at radius 2 is 2.06 bits per heavy atom. The summed E-state index contributed by atoms with van der Waals surface area (Å²) in [7, 11) is 1.80. The molecule has 5 heteroatoms. The second kappa shape index (κ2) is 6.07. The molecule has 0 spiro atoms. The van der Waals surface area contributed by atoms with Crippen LogP contribution in [0.15, 0.2) is 5.16 Å². The lowest BCUT2D eigenvalue weighted by atomic mass is 9.82. The van der Waals surface area contributed by atoms with Crippen LogP contribution in [0.25, 0.3) is 0 Å². The molecule has 104 valence electrons.